The van der Waals surface area contributed by atoms with Crippen LogP contribution in [0.1, 0.15) is 35.2 Å². The summed E-state index contributed by atoms with van der Waals surface area (Å²) in [5.74, 6) is -0.373. The monoisotopic (exact) mass is 385 g/mol. The molecule has 4 N–H and O–H groups in total. The van der Waals surface area contributed by atoms with Crippen LogP contribution in [0.15, 0.2) is 12.1 Å². The Labute approximate surface area is 163 Å². The van der Waals surface area contributed by atoms with Gasteiger partial charge in [0.05, 0.1) is 5.56 Å². The Morgan fingerprint density at radius 3 is 2.57 bits per heavy atom. The van der Waals surface area contributed by atoms with Crippen LogP contribution in [0.2, 0.25) is 0 Å². The van der Waals surface area contributed by atoms with Gasteiger partial charge in [-0.2, -0.15) is 15.4 Å². The van der Waals surface area contributed by atoms with E-state index in [1.807, 2.05) is 11.0 Å². The number of piperidine rings is 1. The van der Waals surface area contributed by atoms with E-state index < -0.39 is 5.91 Å². The molecule has 1 aromatic carbocycles. The molecule has 1 aromatic heterocycles. The molecule has 0 aliphatic carbocycles. The van der Waals surface area contributed by atoms with Crippen LogP contribution in [0.3, 0.4) is 0 Å². The molecule has 4 rings (SSSR count). The van der Waals surface area contributed by atoms with Crippen molar-refractivity contribution in [1.82, 2.24) is 30.5 Å². The van der Waals surface area contributed by atoms with E-state index in [1.54, 1.807) is 6.07 Å². The van der Waals surface area contributed by atoms with Crippen molar-refractivity contribution in [2.75, 3.05) is 39.3 Å². The Kier molecular flexibility index (Phi) is 5.54. The van der Waals surface area contributed by atoms with Crippen LogP contribution in [0, 0.1) is 0 Å². The number of hydrogen-bond donors (Lipinski definition) is 3. The summed E-state index contributed by atoms with van der Waals surface area (Å²) in [6, 6.07) is 4.17. The van der Waals surface area contributed by atoms with E-state index in [0.717, 1.165) is 57.7 Å². The molecule has 0 bridgehead atoms. The van der Waals surface area contributed by atoms with Crippen LogP contribution >= 0.6 is 0 Å². The highest BCUT2D eigenvalue weighted by atomic mass is 16.2. The molecule has 2 aliphatic heterocycles. The summed E-state index contributed by atoms with van der Waals surface area (Å²) < 4.78 is 0. The second kappa shape index (κ2) is 8.24. The number of carbonyl (C=O) groups excluding carboxylic acids is 2. The molecular weight excluding hydrogens is 358 g/mol. The summed E-state index contributed by atoms with van der Waals surface area (Å²) in [7, 11) is 0. The fourth-order valence-corrected chi connectivity index (χ4v) is 4.28. The molecule has 0 spiro atoms. The number of aryl methyl sites for hydroxylation is 1. The molecule has 9 heteroatoms. The highest BCUT2D eigenvalue weighted by molar-refractivity contribution is 6.04. The third kappa shape index (κ3) is 4.00. The maximum Gasteiger partial charge on any atom is 0.251 e. The minimum Gasteiger partial charge on any atom is -0.366 e. The van der Waals surface area contributed by atoms with Gasteiger partial charge in [-0.05, 0) is 37.0 Å². The van der Waals surface area contributed by atoms with Gasteiger partial charge in [0, 0.05) is 51.7 Å². The first-order valence-corrected chi connectivity index (χ1v) is 9.97. The van der Waals surface area contributed by atoms with Crippen molar-refractivity contribution in [2.24, 2.45) is 5.73 Å². The number of primary amides is 1. The number of hydrogen-bond acceptors (Lipinski definition) is 6. The minimum absolute atomic E-state index is 0.166. The van der Waals surface area contributed by atoms with Gasteiger partial charge in [-0.1, -0.05) is 0 Å². The number of aromatic amines is 1. The first-order chi connectivity index (χ1) is 13.6. The zero-order valence-corrected chi connectivity index (χ0v) is 16.0. The number of nitrogens with zero attached hydrogens (tertiary/aromatic N) is 4. The first-order valence-electron chi connectivity index (χ1n) is 9.97. The van der Waals surface area contributed by atoms with Gasteiger partial charge >= 0.3 is 0 Å². The third-order valence-electron chi connectivity index (χ3n) is 5.86. The van der Waals surface area contributed by atoms with Crippen LogP contribution in [0.5, 0.6) is 0 Å². The lowest BCUT2D eigenvalue weighted by atomic mass is 10.0. The summed E-state index contributed by atoms with van der Waals surface area (Å²) in [6.07, 6.45) is 3.06. The van der Waals surface area contributed by atoms with Gasteiger partial charge in [-0.25, -0.2) is 0 Å². The number of benzene rings is 1. The SMILES string of the molecule is NC(=O)c1cc(CCC(=O)N2CCC(N3CCNCC3)CC2)cc2n[nH]nc12. The summed E-state index contributed by atoms with van der Waals surface area (Å²) in [6.45, 7) is 5.96. The van der Waals surface area contributed by atoms with Crippen molar-refractivity contribution in [3.63, 3.8) is 0 Å². The summed E-state index contributed by atoms with van der Waals surface area (Å²) in [5.41, 5.74) is 7.73. The Morgan fingerprint density at radius 1 is 1.11 bits per heavy atom. The Morgan fingerprint density at radius 2 is 1.86 bits per heavy atom. The topological polar surface area (TPSA) is 120 Å². The molecule has 2 saturated heterocycles. The molecule has 0 unspecified atom stereocenters. The molecular formula is C19H27N7O2. The average molecular weight is 385 g/mol. The predicted molar refractivity (Wildman–Crippen MR) is 105 cm³/mol. The van der Waals surface area contributed by atoms with Gasteiger partial charge in [0.1, 0.15) is 11.0 Å². The number of nitrogens with one attached hydrogen (secondary N) is 2. The van der Waals surface area contributed by atoms with Crippen LogP contribution in [0.25, 0.3) is 11.0 Å². The third-order valence-corrected chi connectivity index (χ3v) is 5.86. The van der Waals surface area contributed by atoms with E-state index in [1.165, 1.54) is 0 Å². The van der Waals surface area contributed by atoms with Gasteiger partial charge < -0.3 is 16.0 Å². The summed E-state index contributed by atoms with van der Waals surface area (Å²) in [4.78, 5) is 28.9. The Bertz CT molecular complexity index is 851. The normalized spacial score (nSPS) is 19.2. The summed E-state index contributed by atoms with van der Waals surface area (Å²) in [5, 5.41) is 13.9. The van der Waals surface area contributed by atoms with Crippen LogP contribution < -0.4 is 11.1 Å². The van der Waals surface area contributed by atoms with Crippen molar-refractivity contribution in [3.05, 3.63) is 23.3 Å². The van der Waals surface area contributed by atoms with Crippen molar-refractivity contribution in [3.8, 4) is 0 Å². The lowest BCUT2D eigenvalue weighted by Crippen LogP contribution is -2.52. The van der Waals surface area contributed by atoms with Gasteiger partial charge in [-0.15, -0.1) is 0 Å². The predicted octanol–water partition coefficient (Wildman–Crippen LogP) is -0.114. The number of nitrogens with two attached hydrogens (primary N) is 1. The fourth-order valence-electron chi connectivity index (χ4n) is 4.28. The van der Waals surface area contributed by atoms with Crippen molar-refractivity contribution in [2.45, 2.75) is 31.7 Å². The van der Waals surface area contributed by atoms with Crippen molar-refractivity contribution >= 4 is 22.8 Å². The molecule has 0 radical (unpaired) electrons. The maximum absolute atomic E-state index is 12.7. The highest BCUT2D eigenvalue weighted by Crippen LogP contribution is 2.20. The van der Waals surface area contributed by atoms with E-state index in [9.17, 15) is 9.59 Å². The number of rotatable bonds is 5. The zero-order valence-electron chi connectivity index (χ0n) is 16.0. The van der Waals surface area contributed by atoms with Crippen LogP contribution in [-0.4, -0.2) is 82.3 Å². The fraction of sp³-hybridized carbons (Fsp3) is 0.579. The lowest BCUT2D eigenvalue weighted by Gasteiger charge is -2.40. The van der Waals surface area contributed by atoms with Crippen LogP contribution in [-0.2, 0) is 11.2 Å². The quantitative estimate of drug-likeness (QED) is 0.660. The minimum atomic E-state index is -0.540. The zero-order chi connectivity index (χ0) is 19.5. The molecule has 0 atom stereocenters. The number of H-pyrrole nitrogens is 1. The number of piperazine rings is 1. The van der Waals surface area contributed by atoms with E-state index in [2.05, 4.69) is 25.6 Å². The molecule has 9 nitrogen and oxygen atoms in total. The number of likely N-dealkylation sites (tertiary alicyclic amines) is 1. The largest absolute Gasteiger partial charge is 0.366 e. The molecule has 2 amide bonds. The number of fused-ring (bicyclic) bond motifs is 1. The molecule has 150 valence electrons. The molecule has 28 heavy (non-hydrogen) atoms. The smallest absolute Gasteiger partial charge is 0.251 e. The van der Waals surface area contributed by atoms with Crippen LogP contribution in [0.4, 0.5) is 0 Å². The Hall–Kier alpha value is -2.52. The molecule has 2 aliphatic rings. The standard InChI is InChI=1S/C19H27N7O2/c20-19(28)15-11-13(12-16-18(15)23-24-22-16)1-2-17(27)26-7-3-14(4-8-26)25-9-5-21-6-10-25/h11-12,14,21H,1-10H2,(H2,20,28)(H,22,23,24). The molecule has 3 heterocycles. The summed E-state index contributed by atoms with van der Waals surface area (Å²) >= 11 is 0. The van der Waals surface area contributed by atoms with E-state index in [-0.39, 0.29) is 5.91 Å². The highest BCUT2D eigenvalue weighted by Gasteiger charge is 2.27. The molecule has 2 aromatic rings. The lowest BCUT2D eigenvalue weighted by molar-refractivity contribution is -0.132. The van der Waals surface area contributed by atoms with Gasteiger partial charge in [0.25, 0.3) is 5.91 Å². The van der Waals surface area contributed by atoms with Gasteiger partial charge in [0.15, 0.2) is 0 Å². The molecule has 2 fully saturated rings. The second-order valence-corrected chi connectivity index (χ2v) is 7.60. The van der Waals surface area contributed by atoms with E-state index in [4.69, 9.17) is 5.73 Å². The number of amides is 2. The van der Waals surface area contributed by atoms with E-state index in [0.29, 0.717) is 35.5 Å². The van der Waals surface area contributed by atoms with E-state index >= 15 is 0 Å². The van der Waals surface area contributed by atoms with Crippen molar-refractivity contribution in [1.29, 1.82) is 0 Å². The molecule has 0 saturated carbocycles. The Balaban J connectivity index is 1.32. The number of aromatic nitrogens is 3. The van der Waals surface area contributed by atoms with Gasteiger partial charge in [-0.3, -0.25) is 14.5 Å². The second-order valence-electron chi connectivity index (χ2n) is 7.60. The maximum atomic E-state index is 12.7. The number of carbonyl (C=O) groups is 2. The van der Waals surface area contributed by atoms with Crippen molar-refractivity contribution < 1.29 is 9.59 Å². The van der Waals surface area contributed by atoms with Gasteiger partial charge in [0.2, 0.25) is 5.91 Å². The average Bonchev–Trinajstić information content (AvgIpc) is 3.20. The first kappa shape index (κ1) is 18.8.